The summed E-state index contributed by atoms with van der Waals surface area (Å²) in [5.41, 5.74) is 2.77. The molecule has 0 N–H and O–H groups in total. The monoisotopic (exact) mass is 344 g/mol. The van der Waals surface area contributed by atoms with E-state index >= 15 is 0 Å². The van der Waals surface area contributed by atoms with E-state index in [1.165, 1.54) is 11.1 Å². The van der Waals surface area contributed by atoms with Gasteiger partial charge in [0.05, 0.1) is 6.20 Å². The molecule has 1 saturated heterocycles. The van der Waals surface area contributed by atoms with Crippen LogP contribution in [0.15, 0.2) is 79.3 Å². The largest absolute Gasteiger partial charge is 0.353 e. The predicted molar refractivity (Wildman–Crippen MR) is 105 cm³/mol. The summed E-state index contributed by atoms with van der Waals surface area (Å²) in [6.07, 6.45) is 5.35. The number of benzene rings is 2. The maximum Gasteiger partial charge on any atom is 0.147 e. The van der Waals surface area contributed by atoms with Gasteiger partial charge in [-0.3, -0.25) is 9.88 Å². The number of aromatic nitrogens is 2. The van der Waals surface area contributed by atoms with E-state index in [0.29, 0.717) is 5.92 Å². The van der Waals surface area contributed by atoms with Crippen LogP contribution in [0.4, 0.5) is 5.82 Å². The smallest absolute Gasteiger partial charge is 0.147 e. The van der Waals surface area contributed by atoms with Crippen LogP contribution in [-0.4, -0.2) is 47.6 Å². The van der Waals surface area contributed by atoms with Crippen LogP contribution in [0.2, 0.25) is 0 Å². The summed E-state index contributed by atoms with van der Waals surface area (Å²) in [6.45, 7) is 5.13. The maximum atomic E-state index is 4.43. The Morgan fingerprint density at radius 2 is 1.38 bits per heavy atom. The Kier molecular flexibility index (Phi) is 5.22. The molecule has 1 aromatic heterocycles. The van der Waals surface area contributed by atoms with Crippen molar-refractivity contribution < 1.29 is 0 Å². The average molecular weight is 344 g/mol. The van der Waals surface area contributed by atoms with Crippen molar-refractivity contribution >= 4 is 5.82 Å². The van der Waals surface area contributed by atoms with Crippen LogP contribution < -0.4 is 4.90 Å². The third-order valence-corrected chi connectivity index (χ3v) is 5.09. The van der Waals surface area contributed by atoms with E-state index in [-0.39, 0.29) is 0 Å². The highest BCUT2D eigenvalue weighted by molar-refractivity contribution is 5.36. The quantitative estimate of drug-likeness (QED) is 0.710. The van der Waals surface area contributed by atoms with Crippen molar-refractivity contribution in [3.05, 3.63) is 90.4 Å². The lowest BCUT2D eigenvalue weighted by molar-refractivity contribution is 0.250. The lowest BCUT2D eigenvalue weighted by Crippen LogP contribution is -2.47. The molecule has 0 radical (unpaired) electrons. The number of hydrogen-bond donors (Lipinski definition) is 0. The molecule has 4 rings (SSSR count). The Hall–Kier alpha value is -2.72. The first kappa shape index (κ1) is 16.7. The molecule has 26 heavy (non-hydrogen) atoms. The first-order valence-electron chi connectivity index (χ1n) is 9.23. The van der Waals surface area contributed by atoms with Crippen molar-refractivity contribution in [3.8, 4) is 0 Å². The fourth-order valence-corrected chi connectivity index (χ4v) is 3.65. The Balaban J connectivity index is 1.46. The molecule has 1 fully saturated rings. The summed E-state index contributed by atoms with van der Waals surface area (Å²) in [5.74, 6) is 1.38. The van der Waals surface area contributed by atoms with E-state index in [2.05, 4.69) is 80.4 Å². The Morgan fingerprint density at radius 1 is 0.769 bits per heavy atom. The third kappa shape index (κ3) is 3.92. The van der Waals surface area contributed by atoms with Gasteiger partial charge >= 0.3 is 0 Å². The van der Waals surface area contributed by atoms with Crippen LogP contribution in [-0.2, 0) is 0 Å². The van der Waals surface area contributed by atoms with E-state index in [4.69, 9.17) is 0 Å². The maximum absolute atomic E-state index is 4.43. The first-order chi connectivity index (χ1) is 12.9. The molecular formula is C22H24N4. The minimum Gasteiger partial charge on any atom is -0.353 e. The zero-order valence-electron chi connectivity index (χ0n) is 14.9. The Bertz CT molecular complexity index is 745. The summed E-state index contributed by atoms with van der Waals surface area (Å²) in [5, 5.41) is 0. The molecule has 0 atom stereocenters. The second-order valence-corrected chi connectivity index (χ2v) is 6.73. The lowest BCUT2D eigenvalue weighted by Gasteiger charge is -2.37. The molecule has 2 heterocycles. The molecule has 0 unspecified atom stereocenters. The predicted octanol–water partition coefficient (Wildman–Crippen LogP) is 3.43. The van der Waals surface area contributed by atoms with Crippen LogP contribution in [0, 0.1) is 0 Å². The van der Waals surface area contributed by atoms with Crippen molar-refractivity contribution in [2.75, 3.05) is 37.6 Å². The van der Waals surface area contributed by atoms with E-state index in [1.807, 2.05) is 6.20 Å². The summed E-state index contributed by atoms with van der Waals surface area (Å²) < 4.78 is 0. The zero-order valence-corrected chi connectivity index (χ0v) is 14.9. The van der Waals surface area contributed by atoms with Crippen LogP contribution >= 0.6 is 0 Å². The molecular weight excluding hydrogens is 320 g/mol. The summed E-state index contributed by atoms with van der Waals surface area (Å²) in [6, 6.07) is 21.7. The molecule has 0 aliphatic carbocycles. The Labute approximate surface area is 155 Å². The van der Waals surface area contributed by atoms with Crippen molar-refractivity contribution in [2.24, 2.45) is 0 Å². The van der Waals surface area contributed by atoms with Crippen LogP contribution in [0.5, 0.6) is 0 Å². The highest BCUT2D eigenvalue weighted by Gasteiger charge is 2.22. The van der Waals surface area contributed by atoms with Gasteiger partial charge in [-0.15, -0.1) is 0 Å². The molecule has 4 nitrogen and oxygen atoms in total. The molecule has 0 amide bonds. The summed E-state index contributed by atoms with van der Waals surface area (Å²) in [4.78, 5) is 13.5. The van der Waals surface area contributed by atoms with E-state index in [1.54, 1.807) is 12.4 Å². The molecule has 3 aromatic rings. The number of anilines is 1. The second kappa shape index (κ2) is 8.11. The van der Waals surface area contributed by atoms with Crippen molar-refractivity contribution in [1.29, 1.82) is 0 Å². The molecule has 0 spiro atoms. The highest BCUT2D eigenvalue weighted by Crippen LogP contribution is 2.26. The highest BCUT2D eigenvalue weighted by atomic mass is 15.3. The molecule has 1 aliphatic heterocycles. The summed E-state index contributed by atoms with van der Waals surface area (Å²) in [7, 11) is 0. The van der Waals surface area contributed by atoms with E-state index < -0.39 is 0 Å². The lowest BCUT2D eigenvalue weighted by atomic mass is 9.90. The van der Waals surface area contributed by atoms with Crippen molar-refractivity contribution in [2.45, 2.75) is 5.92 Å². The van der Waals surface area contributed by atoms with Gasteiger partial charge in [0.25, 0.3) is 0 Å². The van der Waals surface area contributed by atoms with Crippen LogP contribution in [0.25, 0.3) is 0 Å². The standard InChI is InChI=1S/C22H24N4/c1-3-7-19(8-4-1)21(20-9-5-2-6-10-20)18-25-13-15-26(16-14-25)22-17-23-11-12-24-22/h1-12,17,21H,13-16,18H2. The minimum atomic E-state index is 0.403. The third-order valence-electron chi connectivity index (χ3n) is 5.09. The van der Waals surface area contributed by atoms with Gasteiger partial charge in [-0.25, -0.2) is 4.98 Å². The van der Waals surface area contributed by atoms with Crippen molar-refractivity contribution in [1.82, 2.24) is 14.9 Å². The number of piperazine rings is 1. The van der Waals surface area contributed by atoms with Gasteiger partial charge in [0.15, 0.2) is 0 Å². The van der Waals surface area contributed by atoms with Gasteiger partial charge in [0.2, 0.25) is 0 Å². The van der Waals surface area contributed by atoms with E-state index in [0.717, 1.165) is 38.5 Å². The number of nitrogens with zero attached hydrogens (tertiary/aromatic N) is 4. The van der Waals surface area contributed by atoms with Crippen LogP contribution in [0.1, 0.15) is 17.0 Å². The second-order valence-electron chi connectivity index (χ2n) is 6.73. The molecule has 4 heteroatoms. The van der Waals surface area contributed by atoms with Crippen LogP contribution in [0.3, 0.4) is 0 Å². The molecule has 2 aromatic carbocycles. The van der Waals surface area contributed by atoms with Gasteiger partial charge < -0.3 is 4.90 Å². The number of hydrogen-bond acceptors (Lipinski definition) is 4. The molecule has 0 bridgehead atoms. The molecule has 132 valence electrons. The molecule has 1 aliphatic rings. The Morgan fingerprint density at radius 3 is 1.92 bits per heavy atom. The van der Waals surface area contributed by atoms with E-state index in [9.17, 15) is 0 Å². The fourth-order valence-electron chi connectivity index (χ4n) is 3.65. The van der Waals surface area contributed by atoms with Gasteiger partial charge in [0, 0.05) is 51.0 Å². The fraction of sp³-hybridized carbons (Fsp3) is 0.273. The minimum absolute atomic E-state index is 0.403. The van der Waals surface area contributed by atoms with Crippen molar-refractivity contribution in [3.63, 3.8) is 0 Å². The normalized spacial score (nSPS) is 15.3. The van der Waals surface area contributed by atoms with Gasteiger partial charge in [0.1, 0.15) is 5.82 Å². The average Bonchev–Trinajstić information content (AvgIpc) is 2.74. The molecule has 0 saturated carbocycles. The number of rotatable bonds is 5. The van der Waals surface area contributed by atoms with Gasteiger partial charge in [-0.1, -0.05) is 60.7 Å². The van der Waals surface area contributed by atoms with Gasteiger partial charge in [-0.2, -0.15) is 0 Å². The zero-order chi connectivity index (χ0) is 17.6. The topological polar surface area (TPSA) is 32.3 Å². The van der Waals surface area contributed by atoms with Gasteiger partial charge in [-0.05, 0) is 11.1 Å². The first-order valence-corrected chi connectivity index (χ1v) is 9.23. The SMILES string of the molecule is c1ccc(C(CN2CCN(c3cnccn3)CC2)c2ccccc2)cc1. The summed E-state index contributed by atoms with van der Waals surface area (Å²) >= 11 is 0.